The predicted octanol–water partition coefficient (Wildman–Crippen LogP) is 3.37. The van der Waals surface area contributed by atoms with Gasteiger partial charge in [0.2, 0.25) is 5.91 Å². The normalized spacial score (nSPS) is 19.2. The summed E-state index contributed by atoms with van der Waals surface area (Å²) in [6.07, 6.45) is 5.03. The van der Waals surface area contributed by atoms with Gasteiger partial charge in [-0.25, -0.2) is 14.4 Å². The molecule has 2 aliphatic rings. The number of likely N-dealkylation sites (N-methyl/N-ethyl adjacent to an activating group) is 1. The number of anilines is 1. The fraction of sp³-hybridized carbons (Fsp3) is 0.542. The third-order valence-corrected chi connectivity index (χ3v) is 6.42. The molecule has 1 atom stereocenters. The van der Waals surface area contributed by atoms with E-state index in [1.165, 1.54) is 17.7 Å². The van der Waals surface area contributed by atoms with Crippen LogP contribution < -0.4 is 5.32 Å². The molecule has 2 aliphatic heterocycles. The maximum Gasteiger partial charge on any atom is 0.222 e. The van der Waals surface area contributed by atoms with Crippen LogP contribution in [-0.4, -0.2) is 59.4 Å². The highest BCUT2D eigenvalue weighted by Gasteiger charge is 2.28. The number of carbonyl (C=O) groups excluding carboxylic acids is 1. The number of hydrogen-bond donors (Lipinski definition) is 1. The molecular weight excluding hydrogens is 393 g/mol. The average molecular weight is 426 g/mol. The van der Waals surface area contributed by atoms with Gasteiger partial charge in [0, 0.05) is 51.1 Å². The van der Waals surface area contributed by atoms with Crippen molar-refractivity contribution in [2.75, 3.05) is 39.0 Å². The SMILES string of the molecule is CNc1nc(C2CCCN(C(=O)CCCc3ccc(F)cc3)C2)nc2c1CCN(C)C2. The molecule has 1 unspecified atom stereocenters. The number of carbonyl (C=O) groups is 1. The Morgan fingerprint density at radius 3 is 2.81 bits per heavy atom. The second-order valence-electron chi connectivity index (χ2n) is 8.75. The van der Waals surface area contributed by atoms with Crippen molar-refractivity contribution in [2.45, 2.75) is 51.0 Å². The van der Waals surface area contributed by atoms with Crippen LogP contribution >= 0.6 is 0 Å². The zero-order chi connectivity index (χ0) is 21.8. The summed E-state index contributed by atoms with van der Waals surface area (Å²) in [6.45, 7) is 3.36. The number of likely N-dealkylation sites (tertiary alicyclic amines) is 1. The molecule has 1 aromatic carbocycles. The minimum absolute atomic E-state index is 0.180. The van der Waals surface area contributed by atoms with Crippen molar-refractivity contribution in [1.29, 1.82) is 0 Å². The van der Waals surface area contributed by atoms with Crippen molar-refractivity contribution in [3.05, 3.63) is 52.7 Å². The maximum atomic E-state index is 13.0. The van der Waals surface area contributed by atoms with Crippen molar-refractivity contribution >= 4 is 11.7 Å². The molecule has 3 heterocycles. The molecule has 1 aromatic heterocycles. The van der Waals surface area contributed by atoms with Crippen molar-refractivity contribution in [1.82, 2.24) is 19.8 Å². The van der Waals surface area contributed by atoms with E-state index < -0.39 is 0 Å². The summed E-state index contributed by atoms with van der Waals surface area (Å²) in [4.78, 5) is 26.9. The highest BCUT2D eigenvalue weighted by molar-refractivity contribution is 5.76. The lowest BCUT2D eigenvalue weighted by Crippen LogP contribution is -2.39. The fourth-order valence-electron chi connectivity index (χ4n) is 4.64. The number of nitrogens with one attached hydrogen (secondary N) is 1. The lowest BCUT2D eigenvalue weighted by atomic mass is 9.95. The summed E-state index contributed by atoms with van der Waals surface area (Å²) in [5.74, 6) is 1.95. The van der Waals surface area contributed by atoms with E-state index in [9.17, 15) is 9.18 Å². The number of rotatable bonds is 6. The van der Waals surface area contributed by atoms with Crippen molar-refractivity contribution in [3.8, 4) is 0 Å². The van der Waals surface area contributed by atoms with Gasteiger partial charge in [0.25, 0.3) is 0 Å². The van der Waals surface area contributed by atoms with E-state index in [1.807, 2.05) is 11.9 Å². The summed E-state index contributed by atoms with van der Waals surface area (Å²) in [6, 6.07) is 6.53. The Labute approximate surface area is 183 Å². The Kier molecular flexibility index (Phi) is 6.80. The Morgan fingerprint density at radius 2 is 2.03 bits per heavy atom. The van der Waals surface area contributed by atoms with Gasteiger partial charge in [-0.15, -0.1) is 0 Å². The van der Waals surface area contributed by atoms with Gasteiger partial charge in [0.15, 0.2) is 0 Å². The van der Waals surface area contributed by atoms with Crippen LogP contribution in [0.25, 0.3) is 0 Å². The summed E-state index contributed by atoms with van der Waals surface area (Å²) in [7, 11) is 4.04. The lowest BCUT2D eigenvalue weighted by molar-refractivity contribution is -0.132. The number of halogens is 1. The second-order valence-corrected chi connectivity index (χ2v) is 8.75. The van der Waals surface area contributed by atoms with Gasteiger partial charge >= 0.3 is 0 Å². The molecule has 166 valence electrons. The molecule has 6 nitrogen and oxygen atoms in total. The van der Waals surface area contributed by atoms with Crippen LogP contribution in [-0.2, 0) is 24.2 Å². The Bertz CT molecular complexity index is 917. The topological polar surface area (TPSA) is 61.4 Å². The number of aromatic nitrogens is 2. The van der Waals surface area contributed by atoms with Crippen LogP contribution in [0.4, 0.5) is 10.2 Å². The molecule has 0 spiro atoms. The number of aryl methyl sites for hydroxylation is 1. The van der Waals surface area contributed by atoms with Crippen LogP contribution in [0.15, 0.2) is 24.3 Å². The molecule has 0 radical (unpaired) electrons. The zero-order valence-corrected chi connectivity index (χ0v) is 18.5. The molecule has 0 saturated carbocycles. The molecule has 1 N–H and O–H groups in total. The average Bonchev–Trinajstić information content (AvgIpc) is 2.79. The Morgan fingerprint density at radius 1 is 1.23 bits per heavy atom. The molecule has 31 heavy (non-hydrogen) atoms. The minimum Gasteiger partial charge on any atom is -0.373 e. The quantitative estimate of drug-likeness (QED) is 0.769. The van der Waals surface area contributed by atoms with E-state index in [0.717, 1.165) is 74.6 Å². The first kappa shape index (κ1) is 21.7. The number of hydrogen-bond acceptors (Lipinski definition) is 5. The van der Waals surface area contributed by atoms with Crippen molar-refractivity contribution in [3.63, 3.8) is 0 Å². The van der Waals surface area contributed by atoms with Crippen LogP contribution in [0.3, 0.4) is 0 Å². The van der Waals surface area contributed by atoms with Gasteiger partial charge in [0.05, 0.1) is 5.69 Å². The summed E-state index contributed by atoms with van der Waals surface area (Å²) >= 11 is 0. The number of nitrogens with zero attached hydrogens (tertiary/aromatic N) is 4. The summed E-state index contributed by atoms with van der Waals surface area (Å²) < 4.78 is 13.0. The van der Waals surface area contributed by atoms with E-state index >= 15 is 0 Å². The zero-order valence-electron chi connectivity index (χ0n) is 18.5. The highest BCUT2D eigenvalue weighted by atomic mass is 19.1. The summed E-state index contributed by atoms with van der Waals surface area (Å²) in [5, 5.41) is 3.26. The van der Waals surface area contributed by atoms with Crippen molar-refractivity contribution < 1.29 is 9.18 Å². The number of amides is 1. The molecule has 1 saturated heterocycles. The molecule has 1 fully saturated rings. The maximum absolute atomic E-state index is 13.0. The van der Waals surface area contributed by atoms with E-state index in [4.69, 9.17) is 9.97 Å². The van der Waals surface area contributed by atoms with E-state index in [2.05, 4.69) is 17.3 Å². The Balaban J connectivity index is 1.38. The number of fused-ring (bicyclic) bond motifs is 1. The fourth-order valence-corrected chi connectivity index (χ4v) is 4.64. The highest BCUT2D eigenvalue weighted by Crippen LogP contribution is 2.29. The lowest BCUT2D eigenvalue weighted by Gasteiger charge is -2.33. The van der Waals surface area contributed by atoms with Gasteiger partial charge in [-0.1, -0.05) is 12.1 Å². The van der Waals surface area contributed by atoms with Gasteiger partial charge < -0.3 is 15.1 Å². The van der Waals surface area contributed by atoms with Gasteiger partial charge in [-0.05, 0) is 56.8 Å². The van der Waals surface area contributed by atoms with Crippen LogP contribution in [0.5, 0.6) is 0 Å². The monoisotopic (exact) mass is 425 g/mol. The van der Waals surface area contributed by atoms with Crippen LogP contribution in [0, 0.1) is 5.82 Å². The molecule has 1 amide bonds. The molecule has 7 heteroatoms. The molecule has 4 rings (SSSR count). The molecule has 2 aromatic rings. The van der Waals surface area contributed by atoms with Gasteiger partial charge in [0.1, 0.15) is 17.5 Å². The van der Waals surface area contributed by atoms with E-state index in [0.29, 0.717) is 13.0 Å². The minimum atomic E-state index is -0.225. The smallest absolute Gasteiger partial charge is 0.222 e. The largest absolute Gasteiger partial charge is 0.373 e. The predicted molar refractivity (Wildman–Crippen MR) is 120 cm³/mol. The Hall–Kier alpha value is -2.54. The van der Waals surface area contributed by atoms with Gasteiger partial charge in [-0.2, -0.15) is 0 Å². The first-order chi connectivity index (χ1) is 15.0. The van der Waals surface area contributed by atoms with Crippen molar-refractivity contribution in [2.24, 2.45) is 0 Å². The molecular formula is C24H32FN5O. The number of piperidine rings is 1. The second kappa shape index (κ2) is 9.73. The van der Waals surface area contributed by atoms with E-state index in [-0.39, 0.29) is 17.6 Å². The molecule has 0 aliphatic carbocycles. The standard InChI is InChI=1S/C24H32FN5O/c1-26-24-20-12-14-29(2)16-21(20)27-23(28-24)18-6-4-13-30(15-18)22(31)7-3-5-17-8-10-19(25)11-9-17/h8-11,18H,3-7,12-16H2,1-2H3,(H,26,27,28). The first-order valence-corrected chi connectivity index (χ1v) is 11.3. The van der Waals surface area contributed by atoms with Crippen LogP contribution in [0.2, 0.25) is 0 Å². The van der Waals surface area contributed by atoms with Gasteiger partial charge in [-0.3, -0.25) is 4.79 Å². The summed E-state index contributed by atoms with van der Waals surface area (Å²) in [5.41, 5.74) is 3.41. The number of benzene rings is 1. The third kappa shape index (κ3) is 5.21. The first-order valence-electron chi connectivity index (χ1n) is 11.3. The third-order valence-electron chi connectivity index (χ3n) is 6.42. The van der Waals surface area contributed by atoms with Crippen LogP contribution in [0.1, 0.15) is 54.2 Å². The van der Waals surface area contributed by atoms with E-state index in [1.54, 1.807) is 12.1 Å². The molecule has 0 bridgehead atoms.